The molecule has 0 aliphatic rings. The highest BCUT2D eigenvalue weighted by Gasteiger charge is 2.02. The van der Waals surface area contributed by atoms with Gasteiger partial charge in [-0.15, -0.1) is 0 Å². The van der Waals surface area contributed by atoms with Crippen LogP contribution < -0.4 is 0 Å². The van der Waals surface area contributed by atoms with Crippen LogP contribution in [0.5, 0.6) is 0 Å². The molecule has 0 aromatic carbocycles. The SMILES string of the molecule is COCC(=O)OC(C)=O.O=C(O)CF. The summed E-state index contributed by atoms with van der Waals surface area (Å²) in [5.74, 6) is -2.69. The molecule has 0 aliphatic heterocycles. The third kappa shape index (κ3) is 16.8. The van der Waals surface area contributed by atoms with E-state index in [1.165, 1.54) is 7.11 Å². The number of halogens is 1. The summed E-state index contributed by atoms with van der Waals surface area (Å²) >= 11 is 0. The van der Waals surface area contributed by atoms with E-state index >= 15 is 0 Å². The van der Waals surface area contributed by atoms with E-state index in [1.807, 2.05) is 0 Å². The first-order chi connectivity index (χ1) is 6.43. The third-order valence-corrected chi connectivity index (χ3v) is 0.634. The fourth-order valence-electron chi connectivity index (χ4n) is 0.308. The number of alkyl halides is 1. The van der Waals surface area contributed by atoms with E-state index < -0.39 is 24.6 Å². The van der Waals surface area contributed by atoms with E-state index in [0.29, 0.717) is 0 Å². The minimum absolute atomic E-state index is 0.181. The quantitative estimate of drug-likeness (QED) is 0.510. The largest absolute Gasteiger partial charge is 0.479 e. The highest BCUT2D eigenvalue weighted by molar-refractivity contribution is 5.84. The molecule has 0 aromatic heterocycles. The van der Waals surface area contributed by atoms with Crippen molar-refractivity contribution in [2.75, 3.05) is 20.4 Å². The first kappa shape index (κ1) is 15.0. The van der Waals surface area contributed by atoms with Gasteiger partial charge in [-0.25, -0.2) is 14.0 Å². The lowest BCUT2D eigenvalue weighted by atomic mass is 10.7. The van der Waals surface area contributed by atoms with Crippen LogP contribution >= 0.6 is 0 Å². The maximum absolute atomic E-state index is 10.5. The van der Waals surface area contributed by atoms with Crippen molar-refractivity contribution in [2.45, 2.75) is 6.92 Å². The molecule has 0 aromatic rings. The molecule has 0 rings (SSSR count). The number of carbonyl (C=O) groups is 3. The predicted octanol–water partition coefficient (Wildman–Crippen LogP) is -0.237. The normalized spacial score (nSPS) is 8.21. The van der Waals surface area contributed by atoms with Gasteiger partial charge in [0.1, 0.15) is 6.61 Å². The minimum Gasteiger partial charge on any atom is -0.479 e. The number of carbonyl (C=O) groups excluding carboxylic acids is 2. The van der Waals surface area contributed by atoms with Crippen molar-refractivity contribution >= 4 is 17.9 Å². The molecule has 0 saturated heterocycles. The van der Waals surface area contributed by atoms with E-state index in [-0.39, 0.29) is 6.61 Å². The molecular formula is C7H11FO6. The molecule has 82 valence electrons. The Balaban J connectivity index is 0. The topological polar surface area (TPSA) is 89.9 Å². The van der Waals surface area contributed by atoms with Crippen LogP contribution in [0.4, 0.5) is 4.39 Å². The number of hydrogen-bond acceptors (Lipinski definition) is 5. The number of rotatable bonds is 3. The Kier molecular flexibility index (Phi) is 10.3. The zero-order chi connectivity index (χ0) is 11.6. The molecule has 0 atom stereocenters. The number of aliphatic carboxylic acids is 1. The molecule has 0 bridgehead atoms. The first-order valence-corrected chi connectivity index (χ1v) is 3.42. The van der Waals surface area contributed by atoms with Crippen LogP contribution in [0.3, 0.4) is 0 Å². The molecule has 14 heavy (non-hydrogen) atoms. The number of ether oxygens (including phenoxy) is 2. The predicted molar refractivity (Wildman–Crippen MR) is 42.3 cm³/mol. The van der Waals surface area contributed by atoms with E-state index in [0.717, 1.165) is 6.92 Å². The van der Waals surface area contributed by atoms with Crippen LogP contribution in [0.15, 0.2) is 0 Å². The van der Waals surface area contributed by atoms with Crippen LogP contribution in [-0.4, -0.2) is 43.4 Å². The smallest absolute Gasteiger partial charge is 0.339 e. The van der Waals surface area contributed by atoms with E-state index in [1.54, 1.807) is 0 Å². The maximum atomic E-state index is 10.5. The second-order valence-electron chi connectivity index (χ2n) is 1.93. The summed E-state index contributed by atoms with van der Waals surface area (Å²) in [6, 6.07) is 0. The summed E-state index contributed by atoms with van der Waals surface area (Å²) in [7, 11) is 1.35. The van der Waals surface area contributed by atoms with E-state index in [2.05, 4.69) is 9.47 Å². The van der Waals surface area contributed by atoms with Crippen molar-refractivity contribution in [3.63, 3.8) is 0 Å². The summed E-state index contributed by atoms with van der Waals surface area (Å²) in [5.41, 5.74) is 0. The molecule has 0 amide bonds. The van der Waals surface area contributed by atoms with E-state index in [9.17, 15) is 14.0 Å². The van der Waals surface area contributed by atoms with Gasteiger partial charge in [-0.2, -0.15) is 0 Å². The lowest BCUT2D eigenvalue weighted by molar-refractivity contribution is -0.160. The molecule has 0 heterocycles. The van der Waals surface area contributed by atoms with Crippen molar-refractivity contribution in [1.29, 1.82) is 0 Å². The van der Waals surface area contributed by atoms with Gasteiger partial charge in [-0.05, 0) is 0 Å². The van der Waals surface area contributed by atoms with Gasteiger partial charge in [-0.1, -0.05) is 0 Å². The standard InChI is InChI=1S/C5H8O4.C2H3FO2/c1-4(6)9-5(7)3-8-2;3-1-2(4)5/h3H2,1-2H3;1H2,(H,4,5). The van der Waals surface area contributed by atoms with Gasteiger partial charge in [0, 0.05) is 14.0 Å². The number of esters is 2. The zero-order valence-corrected chi connectivity index (χ0v) is 7.78. The van der Waals surface area contributed by atoms with Gasteiger partial charge in [0.15, 0.2) is 6.67 Å². The van der Waals surface area contributed by atoms with Gasteiger partial charge in [-0.3, -0.25) is 4.79 Å². The second-order valence-corrected chi connectivity index (χ2v) is 1.93. The average Bonchev–Trinajstić information content (AvgIpc) is 2.04. The highest BCUT2D eigenvalue weighted by atomic mass is 19.1. The molecule has 7 heteroatoms. The average molecular weight is 210 g/mol. The van der Waals surface area contributed by atoms with Crippen molar-refractivity contribution in [2.24, 2.45) is 0 Å². The Morgan fingerprint density at radius 1 is 1.36 bits per heavy atom. The summed E-state index contributed by atoms with van der Waals surface area (Å²) in [5, 5.41) is 7.35. The molecule has 0 fully saturated rings. The van der Waals surface area contributed by atoms with Gasteiger partial charge < -0.3 is 14.6 Å². The molecule has 0 radical (unpaired) electrons. The number of methoxy groups -OCH3 is 1. The van der Waals surface area contributed by atoms with Crippen LogP contribution in [-0.2, 0) is 23.9 Å². The van der Waals surface area contributed by atoms with Crippen molar-refractivity contribution in [3.05, 3.63) is 0 Å². The Morgan fingerprint density at radius 3 is 2.00 bits per heavy atom. The Bertz CT molecular complexity index is 202. The number of hydrogen-bond donors (Lipinski definition) is 1. The summed E-state index contributed by atoms with van der Waals surface area (Å²) < 4.78 is 19.0. The summed E-state index contributed by atoms with van der Waals surface area (Å²) in [6.07, 6.45) is 0. The minimum atomic E-state index is -1.41. The fraction of sp³-hybridized carbons (Fsp3) is 0.571. The van der Waals surface area contributed by atoms with Gasteiger partial charge >= 0.3 is 17.9 Å². The van der Waals surface area contributed by atoms with E-state index in [4.69, 9.17) is 9.90 Å². The Labute approximate surface area is 79.6 Å². The number of carboxylic acid groups (broad SMARTS) is 1. The second kappa shape index (κ2) is 9.59. The van der Waals surface area contributed by atoms with Gasteiger partial charge in [0.05, 0.1) is 0 Å². The third-order valence-electron chi connectivity index (χ3n) is 0.634. The first-order valence-electron chi connectivity index (χ1n) is 3.42. The molecular weight excluding hydrogens is 199 g/mol. The van der Waals surface area contributed by atoms with Crippen molar-refractivity contribution in [1.82, 2.24) is 0 Å². The Hall–Kier alpha value is -1.50. The van der Waals surface area contributed by atoms with Gasteiger partial charge in [0.2, 0.25) is 0 Å². The highest BCUT2D eigenvalue weighted by Crippen LogP contribution is 1.78. The monoisotopic (exact) mass is 210 g/mol. The van der Waals surface area contributed by atoms with Crippen LogP contribution in [0, 0.1) is 0 Å². The van der Waals surface area contributed by atoms with Crippen LogP contribution in [0.2, 0.25) is 0 Å². The van der Waals surface area contributed by atoms with Crippen molar-refractivity contribution < 1.29 is 33.4 Å². The molecule has 0 aliphatic carbocycles. The lowest BCUT2D eigenvalue weighted by Crippen LogP contribution is -2.13. The fourth-order valence-corrected chi connectivity index (χ4v) is 0.308. The maximum Gasteiger partial charge on any atom is 0.339 e. The number of carboxylic acids is 1. The molecule has 6 nitrogen and oxygen atoms in total. The molecule has 0 spiro atoms. The lowest BCUT2D eigenvalue weighted by Gasteiger charge is -1.95. The van der Waals surface area contributed by atoms with Crippen molar-refractivity contribution in [3.8, 4) is 0 Å². The summed E-state index contributed by atoms with van der Waals surface area (Å²) in [6.45, 7) is -0.298. The summed E-state index contributed by atoms with van der Waals surface area (Å²) in [4.78, 5) is 29.3. The Morgan fingerprint density at radius 2 is 1.79 bits per heavy atom. The van der Waals surface area contributed by atoms with Crippen LogP contribution in [0.25, 0.3) is 0 Å². The van der Waals surface area contributed by atoms with Gasteiger partial charge in [0.25, 0.3) is 0 Å². The molecule has 0 saturated carbocycles. The molecule has 0 unspecified atom stereocenters. The van der Waals surface area contributed by atoms with Crippen LogP contribution in [0.1, 0.15) is 6.92 Å². The zero-order valence-electron chi connectivity index (χ0n) is 7.78. The molecule has 1 N–H and O–H groups in total.